The predicted octanol–water partition coefficient (Wildman–Crippen LogP) is 4.71. The molecule has 3 nitrogen and oxygen atoms in total. The van der Waals surface area contributed by atoms with E-state index < -0.39 is 0 Å². The van der Waals surface area contributed by atoms with E-state index in [1.807, 2.05) is 35.9 Å². The summed E-state index contributed by atoms with van der Waals surface area (Å²) >= 11 is 1.70. The third-order valence-corrected chi connectivity index (χ3v) is 5.08. The van der Waals surface area contributed by atoms with Crippen molar-refractivity contribution in [1.29, 1.82) is 0 Å². The summed E-state index contributed by atoms with van der Waals surface area (Å²) < 4.78 is 2.00. The van der Waals surface area contributed by atoms with Crippen LogP contribution in [0.15, 0.2) is 54.0 Å². The van der Waals surface area contributed by atoms with Crippen molar-refractivity contribution in [1.82, 2.24) is 9.88 Å². The van der Waals surface area contributed by atoms with Gasteiger partial charge in [-0.05, 0) is 55.5 Å². The summed E-state index contributed by atoms with van der Waals surface area (Å²) in [6.45, 7) is 6.91. The summed E-state index contributed by atoms with van der Waals surface area (Å²) in [5, 5.41) is 5.19. The van der Waals surface area contributed by atoms with Gasteiger partial charge in [0.1, 0.15) is 5.69 Å². The Morgan fingerprint density at radius 2 is 2.04 bits per heavy atom. The number of amides is 1. The highest BCUT2D eigenvalue weighted by Gasteiger charge is 2.16. The number of thiophene rings is 1. The first-order valence-electron chi connectivity index (χ1n) is 8.10. The summed E-state index contributed by atoms with van der Waals surface area (Å²) in [6.07, 6.45) is 1.96. The SMILES string of the molecule is Cc1ccc(C)c([C@@H](C)NC(=O)c2cccn2Cc2cccs2)c1. The summed E-state index contributed by atoms with van der Waals surface area (Å²) in [5.74, 6) is -0.0371. The molecule has 0 aliphatic heterocycles. The minimum absolute atomic E-state index is 0.0255. The zero-order valence-electron chi connectivity index (χ0n) is 14.2. The van der Waals surface area contributed by atoms with Crippen molar-refractivity contribution in [3.63, 3.8) is 0 Å². The van der Waals surface area contributed by atoms with Crippen LogP contribution in [0.4, 0.5) is 0 Å². The summed E-state index contributed by atoms with van der Waals surface area (Å²) in [5.41, 5.74) is 4.26. The second kappa shape index (κ2) is 7.05. The maximum Gasteiger partial charge on any atom is 0.268 e. The fraction of sp³-hybridized carbons (Fsp3) is 0.250. The number of rotatable bonds is 5. The number of hydrogen-bond donors (Lipinski definition) is 1. The summed E-state index contributed by atoms with van der Waals surface area (Å²) in [7, 11) is 0. The molecule has 0 saturated heterocycles. The van der Waals surface area contributed by atoms with Crippen LogP contribution in [0.1, 0.15) is 45.0 Å². The van der Waals surface area contributed by atoms with E-state index >= 15 is 0 Å². The normalized spacial score (nSPS) is 12.1. The second-order valence-corrected chi connectivity index (χ2v) is 7.19. The van der Waals surface area contributed by atoms with E-state index in [4.69, 9.17) is 0 Å². The van der Waals surface area contributed by atoms with E-state index in [9.17, 15) is 4.79 Å². The lowest BCUT2D eigenvalue weighted by Crippen LogP contribution is -2.29. The smallest absolute Gasteiger partial charge is 0.268 e. The van der Waals surface area contributed by atoms with E-state index in [1.54, 1.807) is 11.3 Å². The molecule has 3 aromatic rings. The van der Waals surface area contributed by atoms with Crippen molar-refractivity contribution < 1.29 is 4.79 Å². The lowest BCUT2D eigenvalue weighted by atomic mass is 10.00. The second-order valence-electron chi connectivity index (χ2n) is 6.16. The molecule has 0 aliphatic carbocycles. The molecule has 1 atom stereocenters. The Kier molecular flexibility index (Phi) is 4.86. The minimum Gasteiger partial charge on any atom is -0.344 e. The first-order valence-corrected chi connectivity index (χ1v) is 8.98. The highest BCUT2D eigenvalue weighted by Crippen LogP contribution is 2.20. The Hall–Kier alpha value is -2.33. The van der Waals surface area contributed by atoms with Gasteiger partial charge in [0.05, 0.1) is 12.6 Å². The molecule has 2 aromatic heterocycles. The molecule has 24 heavy (non-hydrogen) atoms. The quantitative estimate of drug-likeness (QED) is 0.718. The third-order valence-electron chi connectivity index (χ3n) is 4.22. The monoisotopic (exact) mass is 338 g/mol. The number of nitrogens with zero attached hydrogens (tertiary/aromatic N) is 1. The Labute approximate surface area is 147 Å². The van der Waals surface area contributed by atoms with Crippen LogP contribution in [-0.4, -0.2) is 10.5 Å². The van der Waals surface area contributed by atoms with Gasteiger partial charge in [0.15, 0.2) is 0 Å². The van der Waals surface area contributed by atoms with Gasteiger partial charge >= 0.3 is 0 Å². The minimum atomic E-state index is -0.0371. The number of aryl methyl sites for hydroxylation is 2. The summed E-state index contributed by atoms with van der Waals surface area (Å²) in [4.78, 5) is 13.9. The van der Waals surface area contributed by atoms with Crippen LogP contribution in [0.25, 0.3) is 0 Å². The molecule has 0 saturated carbocycles. The van der Waals surface area contributed by atoms with Crippen LogP contribution >= 0.6 is 11.3 Å². The van der Waals surface area contributed by atoms with Crippen molar-refractivity contribution in [3.8, 4) is 0 Å². The van der Waals surface area contributed by atoms with E-state index in [0.29, 0.717) is 5.69 Å². The molecule has 1 N–H and O–H groups in total. The van der Waals surface area contributed by atoms with Gasteiger partial charge in [-0.15, -0.1) is 11.3 Å². The van der Waals surface area contributed by atoms with Crippen molar-refractivity contribution in [2.45, 2.75) is 33.4 Å². The zero-order chi connectivity index (χ0) is 17.1. The lowest BCUT2D eigenvalue weighted by molar-refractivity contribution is 0.0931. The molecule has 0 radical (unpaired) electrons. The van der Waals surface area contributed by atoms with Gasteiger partial charge in [-0.2, -0.15) is 0 Å². The Morgan fingerprint density at radius 1 is 1.21 bits per heavy atom. The van der Waals surface area contributed by atoms with Crippen molar-refractivity contribution >= 4 is 17.2 Å². The van der Waals surface area contributed by atoms with E-state index in [1.165, 1.54) is 21.6 Å². The molecule has 0 fully saturated rings. The fourth-order valence-corrected chi connectivity index (χ4v) is 3.61. The number of nitrogens with one attached hydrogen (secondary N) is 1. The average molecular weight is 338 g/mol. The first-order chi connectivity index (χ1) is 11.5. The first kappa shape index (κ1) is 16.5. The van der Waals surface area contributed by atoms with Crippen LogP contribution < -0.4 is 5.32 Å². The standard InChI is InChI=1S/C20H22N2OS/c1-14-8-9-15(2)18(12-14)16(3)21-20(23)19-7-4-10-22(19)13-17-6-5-11-24-17/h4-12,16H,13H2,1-3H3,(H,21,23)/t16-/m1/s1. The van der Waals surface area contributed by atoms with Crippen LogP contribution in [0, 0.1) is 13.8 Å². The molecule has 2 heterocycles. The molecule has 0 spiro atoms. The third kappa shape index (κ3) is 3.60. The van der Waals surface area contributed by atoms with Gasteiger partial charge in [0, 0.05) is 11.1 Å². The highest BCUT2D eigenvalue weighted by molar-refractivity contribution is 7.09. The molecule has 0 unspecified atom stereocenters. The molecule has 0 aliphatic rings. The molecule has 3 rings (SSSR count). The van der Waals surface area contributed by atoms with Crippen LogP contribution in [0.3, 0.4) is 0 Å². The highest BCUT2D eigenvalue weighted by atomic mass is 32.1. The number of carbonyl (C=O) groups excluding carboxylic acids is 1. The van der Waals surface area contributed by atoms with Crippen LogP contribution in [0.2, 0.25) is 0 Å². The van der Waals surface area contributed by atoms with Gasteiger partial charge in [0.25, 0.3) is 5.91 Å². The van der Waals surface area contributed by atoms with E-state index in [2.05, 4.69) is 48.8 Å². The molecule has 1 amide bonds. The van der Waals surface area contributed by atoms with Crippen molar-refractivity contribution in [2.24, 2.45) is 0 Å². The lowest BCUT2D eigenvalue weighted by Gasteiger charge is -2.18. The summed E-state index contributed by atoms with van der Waals surface area (Å²) in [6, 6.07) is 14.2. The zero-order valence-corrected chi connectivity index (χ0v) is 15.1. The average Bonchev–Trinajstić information content (AvgIpc) is 3.21. The van der Waals surface area contributed by atoms with Gasteiger partial charge in [0.2, 0.25) is 0 Å². The molecule has 0 bridgehead atoms. The number of carbonyl (C=O) groups is 1. The number of aromatic nitrogens is 1. The molecule has 1 aromatic carbocycles. The molecular formula is C20H22N2OS. The van der Waals surface area contributed by atoms with Crippen molar-refractivity contribution in [3.05, 3.63) is 81.3 Å². The largest absolute Gasteiger partial charge is 0.344 e. The number of hydrogen-bond acceptors (Lipinski definition) is 2. The van der Waals surface area contributed by atoms with E-state index in [-0.39, 0.29) is 11.9 Å². The Balaban J connectivity index is 1.75. The molecule has 124 valence electrons. The Morgan fingerprint density at radius 3 is 2.79 bits per heavy atom. The maximum atomic E-state index is 12.7. The predicted molar refractivity (Wildman–Crippen MR) is 99.7 cm³/mol. The van der Waals surface area contributed by atoms with Crippen molar-refractivity contribution in [2.75, 3.05) is 0 Å². The maximum absolute atomic E-state index is 12.7. The van der Waals surface area contributed by atoms with E-state index in [0.717, 1.165) is 6.54 Å². The number of benzene rings is 1. The van der Waals surface area contributed by atoms with Crippen LogP contribution in [-0.2, 0) is 6.54 Å². The van der Waals surface area contributed by atoms with Gasteiger partial charge in [-0.25, -0.2) is 0 Å². The topological polar surface area (TPSA) is 34.0 Å². The molecular weight excluding hydrogens is 316 g/mol. The molecule has 4 heteroatoms. The fourth-order valence-electron chi connectivity index (χ4n) is 2.90. The Bertz CT molecular complexity index is 833. The van der Waals surface area contributed by atoms with Crippen LogP contribution in [0.5, 0.6) is 0 Å². The van der Waals surface area contributed by atoms with Gasteiger partial charge < -0.3 is 9.88 Å². The van der Waals surface area contributed by atoms with Gasteiger partial charge in [-0.3, -0.25) is 4.79 Å². The van der Waals surface area contributed by atoms with Gasteiger partial charge in [-0.1, -0.05) is 29.8 Å².